The maximum atomic E-state index is 5.85. The van der Waals surface area contributed by atoms with Gasteiger partial charge in [0.05, 0.1) is 11.4 Å². The van der Waals surface area contributed by atoms with Crippen molar-refractivity contribution in [1.82, 2.24) is 20.1 Å². The summed E-state index contributed by atoms with van der Waals surface area (Å²) in [5, 5.41) is 7.58. The predicted molar refractivity (Wildman–Crippen MR) is 78.7 cm³/mol. The molecule has 2 rings (SSSR count). The number of ether oxygens (including phenoxy) is 1. The molecule has 0 atom stereocenters. The van der Waals surface area contributed by atoms with Crippen molar-refractivity contribution in [2.45, 2.75) is 40.0 Å². The maximum absolute atomic E-state index is 5.85. The van der Waals surface area contributed by atoms with Crippen LogP contribution in [-0.2, 0) is 13.2 Å². The van der Waals surface area contributed by atoms with Gasteiger partial charge in [0.1, 0.15) is 12.4 Å². The van der Waals surface area contributed by atoms with Crippen molar-refractivity contribution in [2.75, 3.05) is 7.05 Å². The fourth-order valence-corrected chi connectivity index (χ4v) is 1.92. The summed E-state index contributed by atoms with van der Waals surface area (Å²) in [6, 6.07) is 6.28. The SMILES string of the molecule is CNCc1nc(C)ccc1OCc1ccn(C(C)C)n1. The molecule has 5 nitrogen and oxygen atoms in total. The van der Waals surface area contributed by atoms with Gasteiger partial charge in [-0.25, -0.2) is 0 Å². The highest BCUT2D eigenvalue weighted by Gasteiger charge is 2.07. The lowest BCUT2D eigenvalue weighted by Crippen LogP contribution is -2.10. The van der Waals surface area contributed by atoms with E-state index in [1.165, 1.54) is 0 Å². The van der Waals surface area contributed by atoms with E-state index in [1.54, 1.807) is 0 Å². The van der Waals surface area contributed by atoms with Gasteiger partial charge in [-0.2, -0.15) is 5.10 Å². The standard InChI is InChI=1S/C15H22N4O/c1-11(2)19-8-7-13(18-19)10-20-15-6-5-12(3)17-14(15)9-16-4/h5-8,11,16H,9-10H2,1-4H3. The second-order valence-electron chi connectivity index (χ2n) is 5.10. The Bertz CT molecular complexity index is 563. The van der Waals surface area contributed by atoms with Crippen molar-refractivity contribution in [3.63, 3.8) is 0 Å². The summed E-state index contributed by atoms with van der Waals surface area (Å²) in [7, 11) is 1.90. The predicted octanol–water partition coefficient (Wildman–Crippen LogP) is 2.47. The summed E-state index contributed by atoms with van der Waals surface area (Å²) in [6.45, 7) is 7.34. The van der Waals surface area contributed by atoms with Crippen LogP contribution in [0.2, 0.25) is 0 Å². The molecule has 108 valence electrons. The molecule has 0 bridgehead atoms. The first-order valence-corrected chi connectivity index (χ1v) is 6.88. The first kappa shape index (κ1) is 14.5. The van der Waals surface area contributed by atoms with Crippen molar-refractivity contribution in [3.05, 3.63) is 41.5 Å². The lowest BCUT2D eigenvalue weighted by molar-refractivity contribution is 0.293. The fraction of sp³-hybridized carbons (Fsp3) is 0.467. The van der Waals surface area contributed by atoms with Gasteiger partial charge in [0.25, 0.3) is 0 Å². The van der Waals surface area contributed by atoms with Crippen LogP contribution in [0.25, 0.3) is 0 Å². The van der Waals surface area contributed by atoms with Gasteiger partial charge in [0.2, 0.25) is 0 Å². The van der Waals surface area contributed by atoms with E-state index in [4.69, 9.17) is 4.74 Å². The Balaban J connectivity index is 2.06. The van der Waals surface area contributed by atoms with E-state index in [-0.39, 0.29) is 0 Å². The molecule has 5 heteroatoms. The van der Waals surface area contributed by atoms with Crippen LogP contribution in [-0.4, -0.2) is 21.8 Å². The zero-order chi connectivity index (χ0) is 14.5. The minimum Gasteiger partial charge on any atom is -0.485 e. The number of aromatic nitrogens is 3. The first-order valence-electron chi connectivity index (χ1n) is 6.88. The van der Waals surface area contributed by atoms with E-state index in [9.17, 15) is 0 Å². The Hall–Kier alpha value is -1.88. The van der Waals surface area contributed by atoms with Gasteiger partial charge < -0.3 is 10.1 Å². The van der Waals surface area contributed by atoms with Gasteiger partial charge in [-0.1, -0.05) is 0 Å². The zero-order valence-electron chi connectivity index (χ0n) is 12.6. The molecule has 0 aromatic carbocycles. The van der Waals surface area contributed by atoms with Crippen molar-refractivity contribution in [2.24, 2.45) is 0 Å². The molecule has 1 N–H and O–H groups in total. The summed E-state index contributed by atoms with van der Waals surface area (Å²) in [5.41, 5.74) is 2.84. The molecule has 0 fully saturated rings. The summed E-state index contributed by atoms with van der Waals surface area (Å²) in [4.78, 5) is 4.50. The smallest absolute Gasteiger partial charge is 0.142 e. The fourth-order valence-electron chi connectivity index (χ4n) is 1.92. The van der Waals surface area contributed by atoms with Crippen LogP contribution < -0.4 is 10.1 Å². The molecule has 2 aromatic rings. The van der Waals surface area contributed by atoms with E-state index in [1.807, 2.05) is 43.0 Å². The molecule has 2 aromatic heterocycles. The van der Waals surface area contributed by atoms with E-state index < -0.39 is 0 Å². The molecule has 0 aliphatic heterocycles. The Morgan fingerprint density at radius 1 is 1.30 bits per heavy atom. The van der Waals surface area contributed by atoms with Crippen molar-refractivity contribution in [3.8, 4) is 5.75 Å². The number of hydrogen-bond acceptors (Lipinski definition) is 4. The Labute approximate surface area is 120 Å². The lowest BCUT2D eigenvalue weighted by atomic mass is 10.3. The Morgan fingerprint density at radius 2 is 2.10 bits per heavy atom. The number of aryl methyl sites for hydroxylation is 1. The highest BCUT2D eigenvalue weighted by Crippen LogP contribution is 2.18. The van der Waals surface area contributed by atoms with Gasteiger partial charge >= 0.3 is 0 Å². The van der Waals surface area contributed by atoms with Crippen LogP contribution in [0, 0.1) is 6.92 Å². The topological polar surface area (TPSA) is 52.0 Å². The van der Waals surface area contributed by atoms with Gasteiger partial charge in [0, 0.05) is 24.5 Å². The molecule has 0 saturated carbocycles. The average Bonchev–Trinajstić information content (AvgIpc) is 2.87. The Morgan fingerprint density at radius 3 is 2.75 bits per heavy atom. The lowest BCUT2D eigenvalue weighted by Gasteiger charge is -2.10. The van der Waals surface area contributed by atoms with Gasteiger partial charge in [-0.05, 0) is 46.0 Å². The van der Waals surface area contributed by atoms with E-state index >= 15 is 0 Å². The molecule has 0 aliphatic rings. The van der Waals surface area contributed by atoms with Gasteiger partial charge in [-0.15, -0.1) is 0 Å². The van der Waals surface area contributed by atoms with Crippen LogP contribution in [0.1, 0.15) is 37.0 Å². The summed E-state index contributed by atoms with van der Waals surface area (Å²) in [5.74, 6) is 0.809. The molecule has 0 radical (unpaired) electrons. The van der Waals surface area contributed by atoms with Crippen molar-refractivity contribution < 1.29 is 4.74 Å². The zero-order valence-corrected chi connectivity index (χ0v) is 12.6. The molecule has 2 heterocycles. The van der Waals surface area contributed by atoms with Gasteiger partial charge in [-0.3, -0.25) is 9.67 Å². The number of hydrogen-bond donors (Lipinski definition) is 1. The molecule has 0 amide bonds. The van der Waals surface area contributed by atoms with Crippen LogP contribution in [0.3, 0.4) is 0 Å². The molecule has 0 unspecified atom stereocenters. The maximum Gasteiger partial charge on any atom is 0.142 e. The third-order valence-electron chi connectivity index (χ3n) is 2.98. The highest BCUT2D eigenvalue weighted by atomic mass is 16.5. The minimum atomic E-state index is 0.365. The van der Waals surface area contributed by atoms with Crippen molar-refractivity contribution in [1.29, 1.82) is 0 Å². The monoisotopic (exact) mass is 274 g/mol. The van der Waals surface area contributed by atoms with Crippen LogP contribution in [0.5, 0.6) is 5.75 Å². The summed E-state index contributed by atoms with van der Waals surface area (Å²) in [6.07, 6.45) is 1.98. The van der Waals surface area contributed by atoms with Crippen LogP contribution >= 0.6 is 0 Å². The number of pyridine rings is 1. The molecular formula is C15H22N4O. The molecule has 0 saturated heterocycles. The van der Waals surface area contributed by atoms with Crippen LogP contribution in [0.4, 0.5) is 0 Å². The van der Waals surface area contributed by atoms with Gasteiger partial charge in [0.15, 0.2) is 0 Å². The second kappa shape index (κ2) is 6.52. The normalized spacial score (nSPS) is 11.1. The van der Waals surface area contributed by atoms with E-state index in [2.05, 4.69) is 29.2 Å². The average molecular weight is 274 g/mol. The second-order valence-corrected chi connectivity index (χ2v) is 5.10. The quantitative estimate of drug-likeness (QED) is 0.879. The molecular weight excluding hydrogens is 252 g/mol. The molecule has 0 aliphatic carbocycles. The van der Waals surface area contributed by atoms with E-state index in [0.29, 0.717) is 19.2 Å². The first-order chi connectivity index (χ1) is 9.60. The third kappa shape index (κ3) is 3.57. The minimum absolute atomic E-state index is 0.365. The molecule has 20 heavy (non-hydrogen) atoms. The number of nitrogens with zero attached hydrogens (tertiary/aromatic N) is 3. The molecule has 0 spiro atoms. The summed E-state index contributed by atoms with van der Waals surface area (Å²) < 4.78 is 7.78. The number of nitrogens with one attached hydrogen (secondary N) is 1. The van der Waals surface area contributed by atoms with Crippen molar-refractivity contribution >= 4 is 0 Å². The number of rotatable bonds is 6. The van der Waals surface area contributed by atoms with E-state index in [0.717, 1.165) is 22.8 Å². The third-order valence-corrected chi connectivity index (χ3v) is 2.98. The largest absolute Gasteiger partial charge is 0.485 e. The Kier molecular flexibility index (Phi) is 4.74. The summed E-state index contributed by atoms with van der Waals surface area (Å²) >= 11 is 0. The van der Waals surface area contributed by atoms with Crippen LogP contribution in [0.15, 0.2) is 24.4 Å². The highest BCUT2D eigenvalue weighted by molar-refractivity contribution is 5.29.